The van der Waals surface area contributed by atoms with Gasteiger partial charge in [0, 0.05) is 28.7 Å². The highest BCUT2D eigenvalue weighted by molar-refractivity contribution is 7.83. The molecule has 0 radical (unpaired) electrons. The Morgan fingerprint density at radius 2 is 2.19 bits per heavy atom. The molecule has 0 spiro atoms. The van der Waals surface area contributed by atoms with Crippen molar-refractivity contribution in [2.45, 2.75) is 25.6 Å². The van der Waals surface area contributed by atoms with E-state index in [4.69, 9.17) is 10.5 Å². The van der Waals surface area contributed by atoms with Crippen LogP contribution in [0.1, 0.15) is 31.0 Å². The Morgan fingerprint density at radius 1 is 1.50 bits per heavy atom. The van der Waals surface area contributed by atoms with Gasteiger partial charge in [0.15, 0.2) is 0 Å². The van der Waals surface area contributed by atoms with E-state index in [0.29, 0.717) is 12.4 Å². The molecule has 0 saturated carbocycles. The van der Waals surface area contributed by atoms with Gasteiger partial charge in [0.1, 0.15) is 5.75 Å². The zero-order valence-corrected chi connectivity index (χ0v) is 10.8. The second-order valence-corrected chi connectivity index (χ2v) is 5.24. The lowest BCUT2D eigenvalue weighted by Gasteiger charge is -2.13. The molecule has 2 unspecified atom stereocenters. The molecule has 0 aliphatic rings. The lowest BCUT2D eigenvalue weighted by Crippen LogP contribution is -2.07. The lowest BCUT2D eigenvalue weighted by atomic mass is 10.1. The van der Waals surface area contributed by atoms with E-state index in [1.807, 2.05) is 32.0 Å². The summed E-state index contributed by atoms with van der Waals surface area (Å²) < 4.78 is 16.8. The first-order chi connectivity index (χ1) is 7.54. The second-order valence-electron chi connectivity index (χ2n) is 3.81. The summed E-state index contributed by atoms with van der Waals surface area (Å²) in [6.45, 7) is 4.48. The molecule has 0 saturated heterocycles. The van der Waals surface area contributed by atoms with E-state index in [9.17, 15) is 4.21 Å². The molecule has 4 heteroatoms. The topological polar surface area (TPSA) is 52.3 Å². The van der Waals surface area contributed by atoms with Crippen LogP contribution in [0.4, 0.5) is 0 Å². The number of hydrogen-bond donors (Lipinski definition) is 1. The van der Waals surface area contributed by atoms with Crippen molar-refractivity contribution >= 4 is 10.8 Å². The molecular formula is C12H19NO2S. The van der Waals surface area contributed by atoms with Gasteiger partial charge in [-0.25, -0.2) is 0 Å². The van der Waals surface area contributed by atoms with Crippen LogP contribution in [0.3, 0.4) is 0 Å². The minimum atomic E-state index is -0.873. The monoisotopic (exact) mass is 241 g/mol. The Kier molecular flexibility index (Phi) is 4.96. The van der Waals surface area contributed by atoms with Crippen LogP contribution in [0.5, 0.6) is 5.75 Å². The van der Waals surface area contributed by atoms with Crippen molar-refractivity contribution in [3.05, 3.63) is 29.3 Å². The van der Waals surface area contributed by atoms with Crippen LogP contribution in [0.25, 0.3) is 0 Å². The van der Waals surface area contributed by atoms with Gasteiger partial charge in [-0.05, 0) is 31.5 Å². The maximum absolute atomic E-state index is 11.3. The van der Waals surface area contributed by atoms with Gasteiger partial charge < -0.3 is 10.5 Å². The highest BCUT2D eigenvalue weighted by Crippen LogP contribution is 2.24. The van der Waals surface area contributed by atoms with Crippen molar-refractivity contribution in [1.29, 1.82) is 0 Å². The molecule has 1 aromatic rings. The lowest BCUT2D eigenvalue weighted by molar-refractivity contribution is 0.337. The molecule has 0 aliphatic heterocycles. The third kappa shape index (κ3) is 3.61. The SMILES string of the molecule is CCOc1ccc(C(C)N)cc1CS(C)=O. The summed E-state index contributed by atoms with van der Waals surface area (Å²) in [7, 11) is -0.873. The third-order valence-corrected chi connectivity index (χ3v) is 2.99. The number of ether oxygens (including phenoxy) is 1. The van der Waals surface area contributed by atoms with Crippen molar-refractivity contribution in [3.8, 4) is 5.75 Å². The Morgan fingerprint density at radius 3 is 2.69 bits per heavy atom. The minimum absolute atomic E-state index is 0.0141. The average Bonchev–Trinajstić information content (AvgIpc) is 2.19. The number of nitrogens with two attached hydrogens (primary N) is 1. The predicted octanol–water partition coefficient (Wildman–Crippen LogP) is 1.98. The van der Waals surface area contributed by atoms with Crippen LogP contribution in [-0.2, 0) is 16.6 Å². The zero-order chi connectivity index (χ0) is 12.1. The molecule has 1 aromatic carbocycles. The molecule has 90 valence electrons. The highest BCUT2D eigenvalue weighted by Gasteiger charge is 2.08. The van der Waals surface area contributed by atoms with E-state index in [2.05, 4.69) is 0 Å². The van der Waals surface area contributed by atoms with Gasteiger partial charge >= 0.3 is 0 Å². The van der Waals surface area contributed by atoms with Crippen molar-refractivity contribution < 1.29 is 8.95 Å². The fourth-order valence-corrected chi connectivity index (χ4v) is 2.17. The summed E-state index contributed by atoms with van der Waals surface area (Å²) >= 11 is 0. The Hall–Kier alpha value is -0.870. The van der Waals surface area contributed by atoms with Crippen LogP contribution >= 0.6 is 0 Å². The van der Waals surface area contributed by atoms with Crippen LogP contribution in [-0.4, -0.2) is 17.1 Å². The first-order valence-corrected chi connectivity index (χ1v) is 7.08. The molecule has 0 fully saturated rings. The molecule has 0 bridgehead atoms. The zero-order valence-electron chi connectivity index (χ0n) is 10.0. The quantitative estimate of drug-likeness (QED) is 0.857. The van der Waals surface area contributed by atoms with Gasteiger partial charge in [-0.15, -0.1) is 0 Å². The van der Waals surface area contributed by atoms with Gasteiger partial charge in [-0.1, -0.05) is 6.07 Å². The van der Waals surface area contributed by atoms with E-state index in [0.717, 1.165) is 16.9 Å². The van der Waals surface area contributed by atoms with Gasteiger partial charge in [-0.3, -0.25) is 4.21 Å². The number of hydrogen-bond acceptors (Lipinski definition) is 3. The maximum atomic E-state index is 11.3. The highest BCUT2D eigenvalue weighted by atomic mass is 32.2. The molecule has 0 aromatic heterocycles. The summed E-state index contributed by atoms with van der Waals surface area (Å²) in [6.07, 6.45) is 1.69. The molecule has 2 atom stereocenters. The first kappa shape index (κ1) is 13.2. The molecule has 0 amide bonds. The van der Waals surface area contributed by atoms with E-state index in [1.54, 1.807) is 6.26 Å². The summed E-state index contributed by atoms with van der Waals surface area (Å²) in [6, 6.07) is 5.83. The van der Waals surface area contributed by atoms with Gasteiger partial charge in [0.2, 0.25) is 0 Å². The fraction of sp³-hybridized carbons (Fsp3) is 0.500. The summed E-state index contributed by atoms with van der Waals surface area (Å²) in [5.74, 6) is 1.32. The third-order valence-electron chi connectivity index (χ3n) is 2.27. The van der Waals surface area contributed by atoms with Crippen LogP contribution in [0, 0.1) is 0 Å². The van der Waals surface area contributed by atoms with Crippen molar-refractivity contribution in [2.75, 3.05) is 12.9 Å². The van der Waals surface area contributed by atoms with Crippen LogP contribution in [0.15, 0.2) is 18.2 Å². The number of rotatable bonds is 5. The summed E-state index contributed by atoms with van der Waals surface area (Å²) in [4.78, 5) is 0. The predicted molar refractivity (Wildman–Crippen MR) is 68.0 cm³/mol. The minimum Gasteiger partial charge on any atom is -0.494 e. The van der Waals surface area contributed by atoms with E-state index in [1.165, 1.54) is 0 Å². The van der Waals surface area contributed by atoms with Crippen molar-refractivity contribution in [3.63, 3.8) is 0 Å². The van der Waals surface area contributed by atoms with Gasteiger partial charge in [0.05, 0.1) is 12.4 Å². The van der Waals surface area contributed by atoms with Crippen molar-refractivity contribution in [2.24, 2.45) is 5.73 Å². The first-order valence-electron chi connectivity index (χ1n) is 5.35. The smallest absolute Gasteiger partial charge is 0.123 e. The number of benzene rings is 1. The fourth-order valence-electron chi connectivity index (χ4n) is 1.51. The maximum Gasteiger partial charge on any atom is 0.123 e. The molecule has 16 heavy (non-hydrogen) atoms. The second kappa shape index (κ2) is 6.01. The van der Waals surface area contributed by atoms with E-state index in [-0.39, 0.29) is 6.04 Å². The molecule has 2 N–H and O–H groups in total. The average molecular weight is 241 g/mol. The molecule has 0 heterocycles. The van der Waals surface area contributed by atoms with E-state index >= 15 is 0 Å². The Labute approximate surface area is 99.4 Å². The Bertz CT molecular complexity index is 377. The van der Waals surface area contributed by atoms with E-state index < -0.39 is 10.8 Å². The molecule has 1 rings (SSSR count). The standard InChI is InChI=1S/C12H19NO2S/c1-4-15-12-6-5-10(9(2)13)7-11(12)8-16(3)14/h5-7,9H,4,8,13H2,1-3H3. The summed E-state index contributed by atoms with van der Waals surface area (Å²) in [5, 5.41) is 0. The van der Waals surface area contributed by atoms with Gasteiger partial charge in [-0.2, -0.15) is 0 Å². The van der Waals surface area contributed by atoms with Crippen LogP contribution < -0.4 is 10.5 Å². The molecular weight excluding hydrogens is 222 g/mol. The normalized spacial score (nSPS) is 14.5. The van der Waals surface area contributed by atoms with Crippen molar-refractivity contribution in [1.82, 2.24) is 0 Å². The largest absolute Gasteiger partial charge is 0.494 e. The van der Waals surface area contributed by atoms with Gasteiger partial charge in [0.25, 0.3) is 0 Å². The van der Waals surface area contributed by atoms with Crippen LogP contribution in [0.2, 0.25) is 0 Å². The molecule has 3 nitrogen and oxygen atoms in total. The molecule has 0 aliphatic carbocycles. The summed E-state index contributed by atoms with van der Waals surface area (Å²) in [5.41, 5.74) is 7.84. The Balaban J connectivity index is 3.05.